The summed E-state index contributed by atoms with van der Waals surface area (Å²) in [6.45, 7) is 3.57. The Balaban J connectivity index is 1.85. The van der Waals surface area contributed by atoms with Crippen LogP contribution in [0, 0.1) is 0 Å². The summed E-state index contributed by atoms with van der Waals surface area (Å²) in [6.07, 6.45) is 4.52. The van der Waals surface area contributed by atoms with Crippen molar-refractivity contribution in [2.45, 2.75) is 19.9 Å². The van der Waals surface area contributed by atoms with Gasteiger partial charge in [0.25, 0.3) is 0 Å². The third kappa shape index (κ3) is 2.78. The molecule has 3 N–H and O–H groups in total. The number of nitrogens with zero attached hydrogens (tertiary/aromatic N) is 5. The van der Waals surface area contributed by atoms with Crippen LogP contribution in [0.15, 0.2) is 18.5 Å². The first kappa shape index (κ1) is 13.3. The Morgan fingerprint density at radius 1 is 1.29 bits per heavy atom. The molecule has 0 aliphatic heterocycles. The second-order valence-electron chi connectivity index (χ2n) is 4.75. The monoisotopic (exact) mass is 286 g/mol. The van der Waals surface area contributed by atoms with Crippen LogP contribution in [-0.4, -0.2) is 36.5 Å². The molecule has 0 aliphatic rings. The number of hydrogen-bond acceptors (Lipinski definition) is 6. The Morgan fingerprint density at radius 3 is 2.95 bits per heavy atom. The minimum absolute atomic E-state index is 0.598. The average molecular weight is 286 g/mol. The fourth-order valence-electron chi connectivity index (χ4n) is 2.03. The van der Waals surface area contributed by atoms with E-state index in [0.29, 0.717) is 12.5 Å². The molecule has 3 aromatic heterocycles. The molecule has 0 fully saturated rings. The molecule has 0 saturated carbocycles. The second-order valence-corrected chi connectivity index (χ2v) is 4.75. The largest absolute Gasteiger partial charge is 0.364 e. The molecule has 110 valence electrons. The lowest BCUT2D eigenvalue weighted by Gasteiger charge is -2.09. The van der Waals surface area contributed by atoms with E-state index in [4.69, 9.17) is 0 Å². The lowest BCUT2D eigenvalue weighted by Crippen LogP contribution is -2.10. The maximum Gasteiger partial charge on any atom is 0.226 e. The molecule has 0 radical (unpaired) electrons. The van der Waals surface area contributed by atoms with Crippen molar-refractivity contribution >= 4 is 22.8 Å². The van der Waals surface area contributed by atoms with Crippen LogP contribution in [0.3, 0.4) is 0 Å². The minimum atomic E-state index is 0.598. The summed E-state index contributed by atoms with van der Waals surface area (Å²) in [7, 11) is 1.92. The Kier molecular flexibility index (Phi) is 3.67. The standard InChI is InChI=1S/C13H18N8/c1-3-5-14-13-18-11(10-8-16-20-12(10)19-13)15-7-9-4-6-17-21(9)2/h4,6,8H,3,5,7H2,1-2H3,(H3,14,15,16,18,19,20). The van der Waals surface area contributed by atoms with Gasteiger partial charge in [-0.3, -0.25) is 9.78 Å². The van der Waals surface area contributed by atoms with E-state index < -0.39 is 0 Å². The number of fused-ring (bicyclic) bond motifs is 1. The third-order valence-electron chi connectivity index (χ3n) is 3.20. The van der Waals surface area contributed by atoms with Gasteiger partial charge < -0.3 is 10.6 Å². The quantitative estimate of drug-likeness (QED) is 0.636. The first-order valence-corrected chi connectivity index (χ1v) is 6.93. The summed E-state index contributed by atoms with van der Waals surface area (Å²) in [5.41, 5.74) is 1.80. The number of H-pyrrole nitrogens is 1. The van der Waals surface area contributed by atoms with E-state index in [1.165, 1.54) is 0 Å². The molecule has 0 aromatic carbocycles. The summed E-state index contributed by atoms with van der Waals surface area (Å²) in [5, 5.41) is 18.5. The maximum atomic E-state index is 4.52. The third-order valence-corrected chi connectivity index (χ3v) is 3.20. The number of aryl methyl sites for hydroxylation is 1. The molecule has 0 spiro atoms. The van der Waals surface area contributed by atoms with Crippen LogP contribution in [-0.2, 0) is 13.6 Å². The number of aromatic nitrogens is 6. The van der Waals surface area contributed by atoms with Gasteiger partial charge in [0.2, 0.25) is 5.95 Å². The Bertz CT molecular complexity index is 729. The molecule has 3 aromatic rings. The summed E-state index contributed by atoms with van der Waals surface area (Å²) in [4.78, 5) is 8.91. The Morgan fingerprint density at radius 2 is 2.19 bits per heavy atom. The van der Waals surface area contributed by atoms with Crippen LogP contribution in [0.4, 0.5) is 11.8 Å². The summed E-state index contributed by atoms with van der Waals surface area (Å²) in [6, 6.07) is 1.97. The highest BCUT2D eigenvalue weighted by Gasteiger charge is 2.09. The normalized spacial score (nSPS) is 11.0. The summed E-state index contributed by atoms with van der Waals surface area (Å²) in [5.74, 6) is 1.36. The van der Waals surface area contributed by atoms with Crippen molar-refractivity contribution in [3.8, 4) is 0 Å². The van der Waals surface area contributed by atoms with Gasteiger partial charge in [0.15, 0.2) is 5.65 Å². The van der Waals surface area contributed by atoms with E-state index in [-0.39, 0.29) is 0 Å². The van der Waals surface area contributed by atoms with Crippen LogP contribution in [0.5, 0.6) is 0 Å². The first-order chi connectivity index (χ1) is 10.3. The fraction of sp³-hybridized carbons (Fsp3) is 0.385. The van der Waals surface area contributed by atoms with Crippen LogP contribution < -0.4 is 10.6 Å². The fourth-order valence-corrected chi connectivity index (χ4v) is 2.03. The molecule has 0 aliphatic carbocycles. The van der Waals surface area contributed by atoms with Crippen molar-refractivity contribution in [3.63, 3.8) is 0 Å². The van der Waals surface area contributed by atoms with E-state index in [1.807, 2.05) is 17.8 Å². The maximum absolute atomic E-state index is 4.52. The molecular formula is C13H18N8. The van der Waals surface area contributed by atoms with Gasteiger partial charge >= 0.3 is 0 Å². The molecule has 8 heteroatoms. The number of rotatable bonds is 6. The highest BCUT2D eigenvalue weighted by atomic mass is 15.3. The summed E-state index contributed by atoms with van der Waals surface area (Å²) >= 11 is 0. The SMILES string of the molecule is CCCNc1nc(NCc2ccnn2C)c2cn[nH]c2n1. The molecular weight excluding hydrogens is 268 g/mol. The predicted octanol–water partition coefficient (Wildman–Crippen LogP) is 1.52. The van der Waals surface area contributed by atoms with Gasteiger partial charge in [-0.15, -0.1) is 0 Å². The van der Waals surface area contributed by atoms with Gasteiger partial charge in [0.1, 0.15) is 5.82 Å². The van der Waals surface area contributed by atoms with Crippen LogP contribution in [0.1, 0.15) is 19.0 Å². The molecule has 3 rings (SSSR count). The van der Waals surface area contributed by atoms with Crippen molar-refractivity contribution < 1.29 is 0 Å². The predicted molar refractivity (Wildman–Crippen MR) is 81.0 cm³/mol. The lowest BCUT2D eigenvalue weighted by atomic mass is 10.3. The van der Waals surface area contributed by atoms with Gasteiger partial charge in [0, 0.05) is 19.8 Å². The van der Waals surface area contributed by atoms with Crippen molar-refractivity contribution in [2.24, 2.45) is 7.05 Å². The highest BCUT2D eigenvalue weighted by molar-refractivity contribution is 5.86. The Labute approximate surface area is 122 Å². The van der Waals surface area contributed by atoms with Crippen LogP contribution in [0.25, 0.3) is 11.0 Å². The van der Waals surface area contributed by atoms with Gasteiger partial charge in [-0.25, -0.2) is 0 Å². The topological polar surface area (TPSA) is 96.3 Å². The zero-order valence-electron chi connectivity index (χ0n) is 12.1. The molecule has 8 nitrogen and oxygen atoms in total. The molecule has 0 amide bonds. The highest BCUT2D eigenvalue weighted by Crippen LogP contribution is 2.20. The second kappa shape index (κ2) is 5.78. The molecule has 0 bridgehead atoms. The van der Waals surface area contributed by atoms with Crippen molar-refractivity contribution in [2.75, 3.05) is 17.2 Å². The molecule has 0 atom stereocenters. The first-order valence-electron chi connectivity index (χ1n) is 6.93. The zero-order valence-corrected chi connectivity index (χ0v) is 12.1. The van der Waals surface area contributed by atoms with Crippen molar-refractivity contribution in [1.82, 2.24) is 29.9 Å². The van der Waals surface area contributed by atoms with Crippen molar-refractivity contribution in [3.05, 3.63) is 24.2 Å². The number of nitrogens with one attached hydrogen (secondary N) is 3. The number of anilines is 2. The number of hydrogen-bond donors (Lipinski definition) is 3. The van der Waals surface area contributed by atoms with Crippen LogP contribution in [0.2, 0.25) is 0 Å². The zero-order chi connectivity index (χ0) is 14.7. The Hall–Kier alpha value is -2.64. The van der Waals surface area contributed by atoms with E-state index in [2.05, 4.69) is 42.8 Å². The molecule has 0 saturated heterocycles. The van der Waals surface area contributed by atoms with Crippen molar-refractivity contribution in [1.29, 1.82) is 0 Å². The number of aromatic amines is 1. The summed E-state index contributed by atoms with van der Waals surface area (Å²) < 4.78 is 1.83. The minimum Gasteiger partial charge on any atom is -0.364 e. The molecule has 21 heavy (non-hydrogen) atoms. The smallest absolute Gasteiger partial charge is 0.226 e. The van der Waals surface area contributed by atoms with E-state index in [1.54, 1.807) is 12.4 Å². The van der Waals surface area contributed by atoms with Gasteiger partial charge in [-0.05, 0) is 12.5 Å². The van der Waals surface area contributed by atoms with E-state index >= 15 is 0 Å². The van der Waals surface area contributed by atoms with Gasteiger partial charge in [-0.1, -0.05) is 6.92 Å². The van der Waals surface area contributed by atoms with Gasteiger partial charge in [-0.2, -0.15) is 20.2 Å². The van der Waals surface area contributed by atoms with Crippen LogP contribution >= 0.6 is 0 Å². The molecule has 3 heterocycles. The molecule has 0 unspecified atom stereocenters. The van der Waals surface area contributed by atoms with E-state index in [9.17, 15) is 0 Å². The van der Waals surface area contributed by atoms with E-state index in [0.717, 1.165) is 35.5 Å². The average Bonchev–Trinajstić information content (AvgIpc) is 3.11. The van der Waals surface area contributed by atoms with Gasteiger partial charge in [0.05, 0.1) is 23.8 Å². The lowest BCUT2D eigenvalue weighted by molar-refractivity contribution is 0.720.